The first kappa shape index (κ1) is 16.3. The molecule has 2 aromatic rings. The van der Waals surface area contributed by atoms with Crippen LogP contribution < -0.4 is 15.5 Å². The van der Waals surface area contributed by atoms with E-state index in [2.05, 4.69) is 32.7 Å². The second kappa shape index (κ2) is 8.34. The fourth-order valence-electron chi connectivity index (χ4n) is 3.01. The lowest BCUT2D eigenvalue weighted by Crippen LogP contribution is -2.40. The van der Waals surface area contributed by atoms with Crippen LogP contribution in [0.1, 0.15) is 12.8 Å². The van der Waals surface area contributed by atoms with Gasteiger partial charge in [-0.05, 0) is 43.0 Å². The minimum absolute atomic E-state index is 0.0513. The predicted molar refractivity (Wildman–Crippen MR) is 97.1 cm³/mol. The summed E-state index contributed by atoms with van der Waals surface area (Å²) in [6.07, 6.45) is 5.88. The van der Waals surface area contributed by atoms with Crippen molar-refractivity contribution in [1.82, 2.24) is 10.3 Å². The highest BCUT2D eigenvalue weighted by Gasteiger charge is 2.19. The standard InChI is InChI=1S/C19H24N4O/c24-19(15-21-17-4-2-1-3-5-17)22-14-16-8-12-23(13-9-16)18-6-10-20-11-7-18/h1-7,10-11,16,21H,8-9,12-15H2,(H,22,24). The molecule has 126 valence electrons. The van der Waals surface area contributed by atoms with Gasteiger partial charge in [0.25, 0.3) is 0 Å². The average molecular weight is 324 g/mol. The quantitative estimate of drug-likeness (QED) is 0.857. The zero-order chi connectivity index (χ0) is 16.6. The molecule has 1 aliphatic heterocycles. The van der Waals surface area contributed by atoms with Crippen LogP contribution in [-0.4, -0.2) is 37.1 Å². The summed E-state index contributed by atoms with van der Waals surface area (Å²) in [4.78, 5) is 18.4. The number of nitrogens with one attached hydrogen (secondary N) is 2. The molecule has 1 aromatic heterocycles. The van der Waals surface area contributed by atoms with Crippen molar-refractivity contribution in [2.45, 2.75) is 12.8 Å². The summed E-state index contributed by atoms with van der Waals surface area (Å²) in [7, 11) is 0. The van der Waals surface area contributed by atoms with E-state index < -0.39 is 0 Å². The Kier molecular flexibility index (Phi) is 5.66. The fraction of sp³-hybridized carbons (Fsp3) is 0.368. The van der Waals surface area contributed by atoms with Gasteiger partial charge in [-0.15, -0.1) is 0 Å². The van der Waals surface area contributed by atoms with Crippen molar-refractivity contribution in [2.24, 2.45) is 5.92 Å². The highest BCUT2D eigenvalue weighted by molar-refractivity contribution is 5.80. The molecule has 0 aliphatic carbocycles. The minimum Gasteiger partial charge on any atom is -0.376 e. The van der Waals surface area contributed by atoms with E-state index in [9.17, 15) is 4.79 Å². The minimum atomic E-state index is 0.0513. The maximum absolute atomic E-state index is 12.0. The van der Waals surface area contributed by atoms with Crippen LogP contribution in [0.25, 0.3) is 0 Å². The first-order valence-corrected chi connectivity index (χ1v) is 8.52. The lowest BCUT2D eigenvalue weighted by atomic mass is 9.96. The molecule has 1 aliphatic rings. The Hall–Kier alpha value is -2.56. The van der Waals surface area contributed by atoms with Crippen LogP contribution in [0.4, 0.5) is 11.4 Å². The van der Waals surface area contributed by atoms with Crippen LogP contribution in [0.2, 0.25) is 0 Å². The molecule has 1 saturated heterocycles. The van der Waals surface area contributed by atoms with E-state index in [1.165, 1.54) is 5.69 Å². The van der Waals surface area contributed by atoms with Crippen LogP contribution in [0, 0.1) is 5.92 Å². The van der Waals surface area contributed by atoms with Crippen molar-refractivity contribution in [3.63, 3.8) is 0 Å². The lowest BCUT2D eigenvalue weighted by molar-refractivity contribution is -0.119. The largest absolute Gasteiger partial charge is 0.376 e. The van der Waals surface area contributed by atoms with Crippen LogP contribution in [0.3, 0.4) is 0 Å². The molecule has 2 N–H and O–H groups in total. The molecule has 0 radical (unpaired) electrons. The molecule has 0 bridgehead atoms. The van der Waals surface area contributed by atoms with Gasteiger partial charge in [0.15, 0.2) is 0 Å². The monoisotopic (exact) mass is 324 g/mol. The first-order valence-electron chi connectivity index (χ1n) is 8.52. The maximum Gasteiger partial charge on any atom is 0.239 e. The van der Waals surface area contributed by atoms with Crippen molar-refractivity contribution in [2.75, 3.05) is 36.4 Å². The number of aromatic nitrogens is 1. The Morgan fingerprint density at radius 1 is 1.08 bits per heavy atom. The number of amides is 1. The lowest BCUT2D eigenvalue weighted by Gasteiger charge is -2.33. The van der Waals surface area contributed by atoms with Crippen LogP contribution in [0.5, 0.6) is 0 Å². The van der Waals surface area contributed by atoms with Crippen molar-refractivity contribution in [3.8, 4) is 0 Å². The van der Waals surface area contributed by atoms with Crippen molar-refractivity contribution < 1.29 is 4.79 Å². The SMILES string of the molecule is O=C(CNc1ccccc1)NCC1CCN(c2ccncc2)CC1. The number of nitrogens with zero attached hydrogens (tertiary/aromatic N) is 2. The number of hydrogen-bond acceptors (Lipinski definition) is 4. The van der Waals surface area contributed by atoms with Gasteiger partial charge in [0.2, 0.25) is 5.91 Å². The second-order valence-corrected chi connectivity index (χ2v) is 6.16. The van der Waals surface area contributed by atoms with Gasteiger partial charge in [0, 0.05) is 43.4 Å². The van der Waals surface area contributed by atoms with Gasteiger partial charge in [0.1, 0.15) is 0 Å². The van der Waals surface area contributed by atoms with Gasteiger partial charge >= 0.3 is 0 Å². The van der Waals surface area contributed by atoms with Gasteiger partial charge in [-0.3, -0.25) is 9.78 Å². The van der Waals surface area contributed by atoms with Crippen molar-refractivity contribution in [1.29, 1.82) is 0 Å². The zero-order valence-electron chi connectivity index (χ0n) is 13.8. The molecule has 1 amide bonds. The molecular weight excluding hydrogens is 300 g/mol. The van der Waals surface area contributed by atoms with Crippen LogP contribution in [-0.2, 0) is 4.79 Å². The van der Waals surface area contributed by atoms with E-state index in [0.717, 1.165) is 38.2 Å². The van der Waals surface area contributed by atoms with E-state index >= 15 is 0 Å². The first-order chi connectivity index (χ1) is 11.8. The molecule has 24 heavy (non-hydrogen) atoms. The van der Waals surface area contributed by atoms with Crippen molar-refractivity contribution in [3.05, 3.63) is 54.9 Å². The molecule has 3 rings (SSSR count). The number of rotatable bonds is 6. The second-order valence-electron chi connectivity index (χ2n) is 6.16. The highest BCUT2D eigenvalue weighted by atomic mass is 16.1. The molecule has 5 heteroatoms. The summed E-state index contributed by atoms with van der Waals surface area (Å²) >= 11 is 0. The predicted octanol–water partition coefficient (Wildman–Crippen LogP) is 2.53. The topological polar surface area (TPSA) is 57.3 Å². The Balaban J connectivity index is 1.35. The molecule has 1 aromatic carbocycles. The molecule has 0 atom stereocenters. The van der Waals surface area contributed by atoms with Gasteiger partial charge < -0.3 is 15.5 Å². The third-order valence-electron chi connectivity index (χ3n) is 4.46. The van der Waals surface area contributed by atoms with E-state index in [-0.39, 0.29) is 5.91 Å². The smallest absolute Gasteiger partial charge is 0.239 e. The van der Waals surface area contributed by atoms with E-state index in [4.69, 9.17) is 0 Å². The number of para-hydroxylation sites is 1. The summed E-state index contributed by atoms with van der Waals surface area (Å²) in [5, 5.41) is 6.18. The summed E-state index contributed by atoms with van der Waals surface area (Å²) in [5.74, 6) is 0.610. The zero-order valence-corrected chi connectivity index (χ0v) is 13.8. The normalized spacial score (nSPS) is 15.1. The Bertz CT molecular complexity index is 624. The number of pyridine rings is 1. The molecule has 5 nitrogen and oxygen atoms in total. The molecule has 1 fully saturated rings. The summed E-state index contributed by atoms with van der Waals surface area (Å²) < 4.78 is 0. The molecule has 0 saturated carbocycles. The van der Waals surface area contributed by atoms with E-state index in [1.807, 2.05) is 42.7 Å². The molecule has 0 spiro atoms. The number of hydrogen-bond donors (Lipinski definition) is 2. The summed E-state index contributed by atoms with van der Waals surface area (Å²) in [5.41, 5.74) is 2.21. The third-order valence-corrected chi connectivity index (χ3v) is 4.46. The number of carbonyl (C=O) groups excluding carboxylic acids is 1. The summed E-state index contributed by atoms with van der Waals surface area (Å²) in [6, 6.07) is 13.9. The average Bonchev–Trinajstić information content (AvgIpc) is 2.67. The van der Waals surface area contributed by atoms with Crippen LogP contribution in [0.15, 0.2) is 54.9 Å². The van der Waals surface area contributed by atoms with Gasteiger partial charge in [-0.2, -0.15) is 0 Å². The Labute approximate surface area is 143 Å². The van der Waals surface area contributed by atoms with Crippen LogP contribution >= 0.6 is 0 Å². The number of anilines is 2. The number of carbonyl (C=O) groups is 1. The van der Waals surface area contributed by atoms with Gasteiger partial charge in [-0.1, -0.05) is 18.2 Å². The molecular formula is C19H24N4O. The highest BCUT2D eigenvalue weighted by Crippen LogP contribution is 2.22. The Morgan fingerprint density at radius 2 is 1.79 bits per heavy atom. The van der Waals surface area contributed by atoms with E-state index in [0.29, 0.717) is 12.5 Å². The van der Waals surface area contributed by atoms with E-state index in [1.54, 1.807) is 0 Å². The maximum atomic E-state index is 12.0. The third kappa shape index (κ3) is 4.72. The molecule has 2 heterocycles. The van der Waals surface area contributed by atoms with Gasteiger partial charge in [-0.25, -0.2) is 0 Å². The van der Waals surface area contributed by atoms with Gasteiger partial charge in [0.05, 0.1) is 6.54 Å². The molecule has 0 unspecified atom stereocenters. The number of piperidine rings is 1. The van der Waals surface area contributed by atoms with Crippen molar-refractivity contribution >= 4 is 17.3 Å². The Morgan fingerprint density at radius 3 is 2.50 bits per heavy atom. The number of benzene rings is 1. The summed E-state index contributed by atoms with van der Waals surface area (Å²) in [6.45, 7) is 3.15. The fourth-order valence-corrected chi connectivity index (χ4v) is 3.01.